The van der Waals surface area contributed by atoms with E-state index in [4.69, 9.17) is 4.74 Å². The number of benzene rings is 6. The van der Waals surface area contributed by atoms with E-state index in [0.29, 0.717) is 16.9 Å². The van der Waals surface area contributed by atoms with Gasteiger partial charge in [0.05, 0.1) is 13.7 Å². The molecule has 0 bridgehead atoms. The van der Waals surface area contributed by atoms with Crippen molar-refractivity contribution in [2.24, 2.45) is 0 Å². The number of aromatic hydroxyl groups is 2. The maximum atomic E-state index is 13.4. The summed E-state index contributed by atoms with van der Waals surface area (Å²) < 4.78 is 5.19. The van der Waals surface area contributed by atoms with E-state index in [9.17, 15) is 24.9 Å². The van der Waals surface area contributed by atoms with Gasteiger partial charge in [-0.2, -0.15) is 0 Å². The smallest absolute Gasteiger partial charge is 0.244 e. The lowest BCUT2D eigenvalue weighted by atomic mass is 9.69. The van der Waals surface area contributed by atoms with E-state index in [1.165, 1.54) is 13.2 Å². The van der Waals surface area contributed by atoms with Crippen molar-refractivity contribution in [1.82, 2.24) is 0 Å². The van der Waals surface area contributed by atoms with Crippen LogP contribution in [0, 0.1) is 20.8 Å². The maximum Gasteiger partial charge on any atom is 0.244 e. The van der Waals surface area contributed by atoms with E-state index in [-0.39, 0.29) is 29.9 Å². The molecule has 0 saturated heterocycles. The summed E-state index contributed by atoms with van der Waals surface area (Å²) in [6, 6.07) is 39.0. The largest absolute Gasteiger partial charge is 0.508 e. The second kappa shape index (κ2) is 13.6. The van der Waals surface area contributed by atoms with Gasteiger partial charge < -0.3 is 30.7 Å². The zero-order chi connectivity index (χ0) is 37.5. The van der Waals surface area contributed by atoms with Crippen LogP contribution >= 0.6 is 0 Å². The molecule has 0 radical (unpaired) electrons. The molecule has 53 heavy (non-hydrogen) atoms. The number of aliphatic hydroxyl groups is 1. The fourth-order valence-corrected chi connectivity index (χ4v) is 7.73. The van der Waals surface area contributed by atoms with Crippen molar-refractivity contribution in [3.8, 4) is 17.2 Å². The summed E-state index contributed by atoms with van der Waals surface area (Å²) in [6.07, 6.45) is 0. The predicted octanol–water partition coefficient (Wildman–Crippen LogP) is 7.78. The zero-order valence-corrected chi connectivity index (χ0v) is 29.9. The number of aryl methyl sites for hydroxylation is 3. The van der Waals surface area contributed by atoms with Crippen LogP contribution < -0.4 is 15.4 Å². The maximum absolute atomic E-state index is 13.4. The van der Waals surface area contributed by atoms with Gasteiger partial charge in [0.25, 0.3) is 0 Å². The van der Waals surface area contributed by atoms with Gasteiger partial charge in [-0.1, -0.05) is 103 Å². The number of carbonyl (C=O) groups is 2. The number of amides is 2. The molecule has 8 heteroatoms. The molecule has 8 rings (SSSR count). The number of fused-ring (bicyclic) bond motifs is 2. The molecular weight excluding hydrogens is 665 g/mol. The third-order valence-corrected chi connectivity index (χ3v) is 10.5. The number of rotatable bonds is 6. The van der Waals surface area contributed by atoms with E-state index in [1.807, 2.05) is 106 Å². The Morgan fingerprint density at radius 2 is 1.08 bits per heavy atom. The van der Waals surface area contributed by atoms with Crippen molar-refractivity contribution in [2.45, 2.75) is 38.2 Å². The van der Waals surface area contributed by atoms with Gasteiger partial charge in [0, 0.05) is 34.1 Å². The first kappa shape index (κ1) is 35.0. The minimum atomic E-state index is -1.23. The van der Waals surface area contributed by atoms with Gasteiger partial charge in [0.1, 0.15) is 28.1 Å². The Hall–Kier alpha value is -6.38. The van der Waals surface area contributed by atoms with Crippen LogP contribution in [-0.4, -0.2) is 34.2 Å². The van der Waals surface area contributed by atoms with Crippen molar-refractivity contribution < 1.29 is 29.6 Å². The number of para-hydroxylation sites is 2. The van der Waals surface area contributed by atoms with Gasteiger partial charge >= 0.3 is 0 Å². The van der Waals surface area contributed by atoms with Gasteiger partial charge in [0.2, 0.25) is 11.8 Å². The van der Waals surface area contributed by atoms with Gasteiger partial charge in [-0.15, -0.1) is 0 Å². The van der Waals surface area contributed by atoms with Crippen LogP contribution in [0.5, 0.6) is 17.2 Å². The Kier molecular flexibility index (Phi) is 9.01. The number of ether oxygens (including phenoxy) is 1. The lowest BCUT2D eigenvalue weighted by molar-refractivity contribution is -0.119. The highest BCUT2D eigenvalue weighted by atomic mass is 16.5. The van der Waals surface area contributed by atoms with E-state index in [0.717, 1.165) is 55.9 Å². The summed E-state index contributed by atoms with van der Waals surface area (Å²) in [7, 11) is 1.52. The van der Waals surface area contributed by atoms with Gasteiger partial charge in [-0.05, 0) is 78.4 Å². The Bertz CT molecular complexity index is 2350. The summed E-state index contributed by atoms with van der Waals surface area (Å²) in [4.78, 5) is 26.8. The molecule has 0 aliphatic carbocycles. The molecule has 0 saturated carbocycles. The number of methoxy groups -OCH3 is 1. The van der Waals surface area contributed by atoms with Crippen LogP contribution in [0.25, 0.3) is 0 Å². The summed E-state index contributed by atoms with van der Waals surface area (Å²) in [5.74, 6) is 0.281. The number of aliphatic hydroxyl groups excluding tert-OH is 1. The molecular formula is C45H40N2O6. The lowest BCUT2D eigenvalue weighted by Gasteiger charge is -2.30. The number of hydrogen-bond acceptors (Lipinski definition) is 6. The number of phenolic OH excluding ortho intramolecular Hbond substituents is 2. The van der Waals surface area contributed by atoms with Gasteiger partial charge in [-0.3, -0.25) is 9.59 Å². The zero-order valence-electron chi connectivity index (χ0n) is 29.9. The van der Waals surface area contributed by atoms with E-state index in [2.05, 4.69) is 10.6 Å². The first-order valence-electron chi connectivity index (χ1n) is 17.3. The van der Waals surface area contributed by atoms with Crippen molar-refractivity contribution in [1.29, 1.82) is 0 Å². The molecule has 0 spiro atoms. The fraction of sp³-hybridized carbons (Fsp3) is 0.156. The van der Waals surface area contributed by atoms with E-state index < -0.39 is 10.8 Å². The van der Waals surface area contributed by atoms with Crippen LogP contribution in [0.1, 0.15) is 55.6 Å². The van der Waals surface area contributed by atoms with E-state index >= 15 is 0 Å². The summed E-state index contributed by atoms with van der Waals surface area (Å²) >= 11 is 0. The summed E-state index contributed by atoms with van der Waals surface area (Å²) in [5, 5.41) is 35.9. The van der Waals surface area contributed by atoms with Crippen molar-refractivity contribution in [3.63, 3.8) is 0 Å². The Morgan fingerprint density at radius 1 is 0.585 bits per heavy atom. The second-order valence-corrected chi connectivity index (χ2v) is 13.6. The average molecular weight is 705 g/mol. The summed E-state index contributed by atoms with van der Waals surface area (Å²) in [5.41, 5.74) is 8.19. The molecule has 0 unspecified atom stereocenters. The molecule has 5 N–H and O–H groups in total. The number of nitrogens with one attached hydrogen (secondary N) is 2. The molecule has 6 aromatic rings. The first-order valence-corrected chi connectivity index (χ1v) is 17.3. The molecule has 6 aromatic carbocycles. The van der Waals surface area contributed by atoms with Gasteiger partial charge in [-0.25, -0.2) is 0 Å². The third kappa shape index (κ3) is 5.59. The SMILES string of the molecule is COc1ccc([C@@]2(c3ccc(O)cc3)C(=O)Nc3c(C)cccc32)c(O)c1.Cc1ccc([C@@]2(c3ccc(CO)cc3)C(=O)Nc3c(C)cccc32)cc1. The second-order valence-electron chi connectivity index (χ2n) is 13.6. The molecule has 0 aromatic heterocycles. The number of carbonyl (C=O) groups excluding carboxylic acids is 2. The predicted molar refractivity (Wildman–Crippen MR) is 206 cm³/mol. The first-order chi connectivity index (χ1) is 25.5. The molecule has 2 heterocycles. The third-order valence-electron chi connectivity index (χ3n) is 10.5. The minimum absolute atomic E-state index is 0.0142. The molecule has 0 fully saturated rings. The number of phenols is 2. The summed E-state index contributed by atoms with van der Waals surface area (Å²) in [6.45, 7) is 5.97. The number of hydrogen-bond donors (Lipinski definition) is 5. The van der Waals surface area contributed by atoms with E-state index in [1.54, 1.807) is 36.4 Å². The highest BCUT2D eigenvalue weighted by molar-refractivity contribution is 6.13. The molecule has 2 amide bonds. The van der Waals surface area contributed by atoms with Crippen molar-refractivity contribution in [2.75, 3.05) is 17.7 Å². The molecule has 2 aliphatic rings. The molecule has 266 valence electrons. The molecule has 2 aliphatic heterocycles. The highest BCUT2D eigenvalue weighted by Crippen LogP contribution is 2.52. The van der Waals surface area contributed by atoms with Crippen LogP contribution in [0.3, 0.4) is 0 Å². The average Bonchev–Trinajstić information content (AvgIpc) is 3.65. The Labute approximate surface area is 308 Å². The van der Waals surface area contributed by atoms with Crippen LogP contribution in [-0.2, 0) is 27.0 Å². The van der Waals surface area contributed by atoms with Crippen LogP contribution in [0.15, 0.2) is 127 Å². The molecule has 2 atom stereocenters. The Balaban J connectivity index is 0.000000164. The molecule has 8 nitrogen and oxygen atoms in total. The monoisotopic (exact) mass is 704 g/mol. The standard InChI is InChI=1S/C23H21NO2.C22H19NO4/c1-15-6-10-18(11-7-15)23(19-12-8-17(14-25)9-13-19)20-5-3-4-16(2)21(20)24-22(23)26;1-13-4-3-5-18-20(13)23-21(26)22(18,14-6-8-15(24)9-7-14)17-11-10-16(27-2)12-19(17)25/h3-13,25H,14H2,1-2H3,(H,24,26);3-12,24-25H,1-2H3,(H,23,26)/t23-;22-/m01/s1. The fourth-order valence-electron chi connectivity index (χ4n) is 7.73. The van der Waals surface area contributed by atoms with Crippen LogP contribution in [0.2, 0.25) is 0 Å². The topological polar surface area (TPSA) is 128 Å². The van der Waals surface area contributed by atoms with Crippen molar-refractivity contribution in [3.05, 3.63) is 183 Å². The lowest BCUT2D eigenvalue weighted by Crippen LogP contribution is -2.37. The Morgan fingerprint density at radius 3 is 1.60 bits per heavy atom. The normalized spacial score (nSPS) is 18.3. The number of anilines is 2. The van der Waals surface area contributed by atoms with Crippen molar-refractivity contribution >= 4 is 23.2 Å². The van der Waals surface area contributed by atoms with Gasteiger partial charge in [0.15, 0.2) is 0 Å². The van der Waals surface area contributed by atoms with Crippen LogP contribution in [0.4, 0.5) is 11.4 Å². The minimum Gasteiger partial charge on any atom is -0.508 e. The highest BCUT2D eigenvalue weighted by Gasteiger charge is 2.52. The quantitative estimate of drug-likeness (QED) is 0.121.